The molecule has 1 aromatic heterocycles. The highest BCUT2D eigenvalue weighted by Gasteiger charge is 2.30. The minimum atomic E-state index is -0.537. The first-order valence-corrected chi connectivity index (χ1v) is 9.96. The number of carbonyl (C=O) groups is 2. The highest BCUT2D eigenvalue weighted by atomic mass is 16.5. The zero-order chi connectivity index (χ0) is 19.5. The lowest BCUT2D eigenvalue weighted by Gasteiger charge is -2.33. The molecule has 148 valence electrons. The van der Waals surface area contributed by atoms with Crippen LogP contribution in [0.15, 0.2) is 40.9 Å². The van der Waals surface area contributed by atoms with Gasteiger partial charge in [0, 0.05) is 31.1 Å². The number of nitrogens with one attached hydrogen (secondary N) is 1. The van der Waals surface area contributed by atoms with E-state index in [1.165, 1.54) is 0 Å². The quantitative estimate of drug-likeness (QED) is 0.794. The number of aromatic nitrogens is 1. The lowest BCUT2D eigenvalue weighted by Crippen LogP contribution is -2.51. The second-order valence-electron chi connectivity index (χ2n) is 7.76. The van der Waals surface area contributed by atoms with Gasteiger partial charge in [-0.25, -0.2) is 0 Å². The largest absolute Gasteiger partial charge is 0.360 e. The first-order valence-electron chi connectivity index (χ1n) is 9.96. The Kier molecular flexibility index (Phi) is 5.43. The minimum absolute atomic E-state index is 0.0285. The molecule has 1 atom stereocenters. The zero-order valence-corrected chi connectivity index (χ0v) is 15.8. The molecule has 7 heteroatoms. The maximum atomic E-state index is 12.6. The number of benzene rings is 1. The molecule has 1 saturated carbocycles. The average molecular weight is 382 g/mol. The van der Waals surface area contributed by atoms with E-state index in [9.17, 15) is 9.59 Å². The standard InChI is InChI=1S/C21H26N4O3/c22-17(12-14-4-2-1-3-5-14)21(27)25-10-8-16(9-11-25)23-20(26)18-13-19(28-24-18)15-6-7-15/h1-5,13,15-17H,6-12,22H2,(H,23,26)/t17-/m0/s1. The third-order valence-electron chi connectivity index (χ3n) is 5.50. The Morgan fingerprint density at radius 1 is 1.18 bits per heavy atom. The maximum Gasteiger partial charge on any atom is 0.273 e. The summed E-state index contributed by atoms with van der Waals surface area (Å²) >= 11 is 0. The summed E-state index contributed by atoms with van der Waals surface area (Å²) in [6, 6.07) is 11.0. The Hall–Kier alpha value is -2.67. The van der Waals surface area contributed by atoms with E-state index in [2.05, 4.69) is 10.5 Å². The summed E-state index contributed by atoms with van der Waals surface area (Å²) in [5, 5.41) is 6.89. The molecule has 1 aliphatic heterocycles. The van der Waals surface area contributed by atoms with Crippen molar-refractivity contribution in [1.82, 2.24) is 15.4 Å². The van der Waals surface area contributed by atoms with Gasteiger partial charge in [-0.15, -0.1) is 0 Å². The van der Waals surface area contributed by atoms with Crippen LogP contribution in [0.3, 0.4) is 0 Å². The number of hydrogen-bond donors (Lipinski definition) is 2. The van der Waals surface area contributed by atoms with Gasteiger partial charge in [-0.1, -0.05) is 35.5 Å². The van der Waals surface area contributed by atoms with Crippen molar-refractivity contribution in [3.05, 3.63) is 53.4 Å². The first-order chi connectivity index (χ1) is 13.6. The van der Waals surface area contributed by atoms with E-state index in [-0.39, 0.29) is 17.9 Å². The number of amides is 2. The predicted octanol–water partition coefficient (Wildman–Crippen LogP) is 1.84. The van der Waals surface area contributed by atoms with Crippen molar-refractivity contribution in [3.63, 3.8) is 0 Å². The van der Waals surface area contributed by atoms with Gasteiger partial charge in [-0.3, -0.25) is 9.59 Å². The molecule has 0 radical (unpaired) electrons. The second-order valence-corrected chi connectivity index (χ2v) is 7.76. The van der Waals surface area contributed by atoms with Crippen molar-refractivity contribution in [2.24, 2.45) is 5.73 Å². The molecule has 2 amide bonds. The van der Waals surface area contributed by atoms with Crippen LogP contribution >= 0.6 is 0 Å². The van der Waals surface area contributed by atoms with Gasteiger partial charge in [0.2, 0.25) is 5.91 Å². The monoisotopic (exact) mass is 382 g/mol. The summed E-state index contributed by atoms with van der Waals surface area (Å²) in [6.45, 7) is 1.19. The molecule has 1 aromatic carbocycles. The molecule has 4 rings (SSSR count). The Morgan fingerprint density at radius 2 is 1.89 bits per heavy atom. The average Bonchev–Trinajstić information content (AvgIpc) is 3.45. The molecular formula is C21H26N4O3. The topological polar surface area (TPSA) is 101 Å². The fraction of sp³-hybridized carbons (Fsp3) is 0.476. The molecule has 2 aliphatic rings. The SMILES string of the molecule is N[C@@H](Cc1ccccc1)C(=O)N1CCC(NC(=O)c2cc(C3CC3)on2)CC1. The Balaban J connectivity index is 1.24. The number of likely N-dealkylation sites (tertiary alicyclic amines) is 1. The molecular weight excluding hydrogens is 356 g/mol. The summed E-state index contributed by atoms with van der Waals surface area (Å²) in [5.41, 5.74) is 7.52. The fourth-order valence-electron chi connectivity index (χ4n) is 3.65. The van der Waals surface area contributed by atoms with Crippen LogP contribution < -0.4 is 11.1 Å². The van der Waals surface area contributed by atoms with E-state index in [4.69, 9.17) is 10.3 Å². The highest BCUT2D eigenvalue weighted by molar-refractivity contribution is 5.92. The van der Waals surface area contributed by atoms with Gasteiger partial charge < -0.3 is 20.5 Å². The Labute approximate surface area is 164 Å². The van der Waals surface area contributed by atoms with E-state index >= 15 is 0 Å². The van der Waals surface area contributed by atoms with Crippen LogP contribution in [0.4, 0.5) is 0 Å². The van der Waals surface area contributed by atoms with Crippen LogP contribution in [0.5, 0.6) is 0 Å². The molecule has 2 fully saturated rings. The van der Waals surface area contributed by atoms with Gasteiger partial charge in [-0.2, -0.15) is 0 Å². The maximum absolute atomic E-state index is 12.6. The lowest BCUT2D eigenvalue weighted by atomic mass is 10.0. The molecule has 0 unspecified atom stereocenters. The van der Waals surface area contributed by atoms with Crippen LogP contribution in [0.1, 0.15) is 53.4 Å². The normalized spacial score (nSPS) is 18.7. The van der Waals surface area contributed by atoms with Crippen LogP contribution in [-0.4, -0.2) is 47.0 Å². The summed E-state index contributed by atoms with van der Waals surface area (Å²) in [5.74, 6) is 1.00. The van der Waals surface area contributed by atoms with Gasteiger partial charge in [0.1, 0.15) is 5.76 Å². The number of hydrogen-bond acceptors (Lipinski definition) is 5. The molecule has 2 heterocycles. The van der Waals surface area contributed by atoms with E-state index in [1.54, 1.807) is 11.0 Å². The summed E-state index contributed by atoms with van der Waals surface area (Å²) in [6.07, 6.45) is 4.17. The molecule has 2 aromatic rings. The molecule has 3 N–H and O–H groups in total. The molecule has 0 bridgehead atoms. The molecule has 1 aliphatic carbocycles. The van der Waals surface area contributed by atoms with Crippen molar-refractivity contribution in [1.29, 1.82) is 0 Å². The predicted molar refractivity (Wildman–Crippen MR) is 104 cm³/mol. The summed E-state index contributed by atoms with van der Waals surface area (Å²) in [7, 11) is 0. The van der Waals surface area contributed by atoms with Gasteiger partial charge in [0.15, 0.2) is 5.69 Å². The van der Waals surface area contributed by atoms with E-state index in [0.717, 1.165) is 24.2 Å². The highest BCUT2D eigenvalue weighted by Crippen LogP contribution is 2.40. The number of rotatable bonds is 6. The molecule has 7 nitrogen and oxygen atoms in total. The van der Waals surface area contributed by atoms with Crippen molar-refractivity contribution in [2.75, 3.05) is 13.1 Å². The van der Waals surface area contributed by atoms with Gasteiger partial charge in [0.25, 0.3) is 5.91 Å². The zero-order valence-electron chi connectivity index (χ0n) is 15.8. The Bertz CT molecular complexity index is 823. The van der Waals surface area contributed by atoms with Gasteiger partial charge >= 0.3 is 0 Å². The number of carbonyl (C=O) groups excluding carboxylic acids is 2. The molecule has 0 spiro atoms. The fourth-order valence-corrected chi connectivity index (χ4v) is 3.65. The number of piperidine rings is 1. The molecule has 28 heavy (non-hydrogen) atoms. The first kappa shape index (κ1) is 18.7. The number of nitrogens with zero attached hydrogens (tertiary/aromatic N) is 2. The summed E-state index contributed by atoms with van der Waals surface area (Å²) < 4.78 is 5.24. The minimum Gasteiger partial charge on any atom is -0.360 e. The lowest BCUT2D eigenvalue weighted by molar-refractivity contribution is -0.133. The van der Waals surface area contributed by atoms with E-state index < -0.39 is 6.04 Å². The van der Waals surface area contributed by atoms with Crippen molar-refractivity contribution in [3.8, 4) is 0 Å². The van der Waals surface area contributed by atoms with E-state index in [1.807, 2.05) is 30.3 Å². The third-order valence-corrected chi connectivity index (χ3v) is 5.50. The van der Waals surface area contributed by atoms with E-state index in [0.29, 0.717) is 44.0 Å². The van der Waals surface area contributed by atoms with Crippen LogP contribution in [0.2, 0.25) is 0 Å². The summed E-state index contributed by atoms with van der Waals surface area (Å²) in [4.78, 5) is 26.8. The van der Waals surface area contributed by atoms with Crippen LogP contribution in [0, 0.1) is 0 Å². The van der Waals surface area contributed by atoms with Crippen molar-refractivity contribution >= 4 is 11.8 Å². The Morgan fingerprint density at radius 3 is 2.57 bits per heavy atom. The van der Waals surface area contributed by atoms with Crippen LogP contribution in [-0.2, 0) is 11.2 Å². The number of nitrogens with two attached hydrogens (primary N) is 1. The van der Waals surface area contributed by atoms with Gasteiger partial charge in [0.05, 0.1) is 6.04 Å². The van der Waals surface area contributed by atoms with Crippen molar-refractivity contribution < 1.29 is 14.1 Å². The second kappa shape index (κ2) is 8.14. The smallest absolute Gasteiger partial charge is 0.273 e. The molecule has 1 saturated heterocycles. The van der Waals surface area contributed by atoms with Crippen molar-refractivity contribution in [2.45, 2.75) is 50.1 Å². The van der Waals surface area contributed by atoms with Crippen LogP contribution in [0.25, 0.3) is 0 Å². The third kappa shape index (κ3) is 4.42. The van der Waals surface area contributed by atoms with Gasteiger partial charge in [-0.05, 0) is 37.7 Å².